The minimum absolute atomic E-state index is 0.00961. The molecule has 2 fully saturated rings. The maximum atomic E-state index is 8.41. The molecular weight excluding hydrogens is 379 g/mol. The molecule has 1 N–H and O–H groups in total. The van der Waals surface area contributed by atoms with Gasteiger partial charge in [0.1, 0.15) is 13.0 Å². The summed E-state index contributed by atoms with van der Waals surface area (Å²) in [6.45, 7) is 4.94. The first-order valence-electron chi connectivity index (χ1n) is 8.61. The van der Waals surface area contributed by atoms with E-state index in [0.29, 0.717) is 21.2 Å². The summed E-state index contributed by atoms with van der Waals surface area (Å²) in [5.41, 5.74) is -0.115. The molecule has 0 aliphatic carbocycles. The summed E-state index contributed by atoms with van der Waals surface area (Å²) in [6, 6.07) is 10.1. The third-order valence-electron chi connectivity index (χ3n) is 4.28. The number of benzene rings is 1. The molecule has 1 aromatic rings. The van der Waals surface area contributed by atoms with Crippen molar-refractivity contribution in [1.82, 2.24) is 5.31 Å². The molecule has 2 aliphatic rings. The van der Waals surface area contributed by atoms with Crippen molar-refractivity contribution in [2.45, 2.75) is 41.5 Å². The van der Waals surface area contributed by atoms with Gasteiger partial charge in [0.05, 0.1) is 12.7 Å². The topological polar surface area (TPSA) is 39.7 Å². The molecule has 0 spiro atoms. The molecule has 0 aromatic heterocycles. The van der Waals surface area contributed by atoms with Gasteiger partial charge in [-0.25, -0.2) is 0 Å². The zero-order valence-electron chi connectivity index (χ0n) is 14.9. The average molecular weight is 407 g/mol. The summed E-state index contributed by atoms with van der Waals surface area (Å²) >= 11 is 1.69. The zero-order chi connectivity index (χ0) is 17.8. The molecule has 1 aromatic carbocycles. The van der Waals surface area contributed by atoms with Crippen molar-refractivity contribution in [1.29, 1.82) is 0 Å². The lowest BCUT2D eigenvalue weighted by Gasteiger charge is -2.49. The summed E-state index contributed by atoms with van der Waals surface area (Å²) in [7, 11) is 4.15. The van der Waals surface area contributed by atoms with E-state index in [4.69, 9.17) is 15.6 Å². The zero-order valence-corrected chi connectivity index (χ0v) is 17.9. The van der Waals surface area contributed by atoms with Crippen molar-refractivity contribution >= 4 is 37.5 Å². The number of hydrogen-bond acceptors (Lipinski definition) is 5. The second kappa shape index (κ2) is 9.58. The Balaban J connectivity index is 1.77. The molecule has 8 heteroatoms. The summed E-state index contributed by atoms with van der Waals surface area (Å²) in [4.78, 5) is 1.16. The van der Waals surface area contributed by atoms with Gasteiger partial charge in [-0.2, -0.15) is 0 Å². The van der Waals surface area contributed by atoms with Gasteiger partial charge >= 0.3 is 0 Å². The van der Waals surface area contributed by atoms with Crippen molar-refractivity contribution in [3.8, 4) is 0 Å². The van der Waals surface area contributed by atoms with Crippen LogP contribution in [0.2, 0.25) is 1.41 Å². The van der Waals surface area contributed by atoms with Crippen LogP contribution >= 0.6 is 37.5 Å². The Bertz CT molecular complexity index is 547. The predicted molar refractivity (Wildman–Crippen MR) is 109 cm³/mol. The smallest absolute Gasteiger partial charge is 0.177 e. The number of fused-ring (bicyclic) bond motifs is 1. The first kappa shape index (κ1) is 18.1. The molecule has 2 heterocycles. The summed E-state index contributed by atoms with van der Waals surface area (Å²) in [5, 5.41) is 1.61. The normalized spacial score (nSPS) is 38.1. The van der Waals surface area contributed by atoms with Crippen LogP contribution in [0.15, 0.2) is 35.2 Å². The Labute approximate surface area is 156 Å². The highest BCUT2D eigenvalue weighted by Crippen LogP contribution is 2.45. The largest absolute Gasteiger partial charge is 0.357 e. The van der Waals surface area contributed by atoms with Gasteiger partial charge in [-0.05, 0) is 27.1 Å². The van der Waals surface area contributed by atoms with Gasteiger partial charge in [0.25, 0.3) is 0 Å². The van der Waals surface area contributed by atoms with E-state index in [-0.39, 0.29) is 35.6 Å². The number of thioether (sulfide) groups is 1. The Morgan fingerprint density at radius 2 is 2.17 bits per heavy atom. The van der Waals surface area contributed by atoms with E-state index in [1.165, 1.54) is 0 Å². The van der Waals surface area contributed by atoms with Crippen LogP contribution in [0.1, 0.15) is 6.92 Å². The third-order valence-corrected chi connectivity index (χ3v) is 8.06. The van der Waals surface area contributed by atoms with Crippen LogP contribution in [0.25, 0.3) is 0 Å². The van der Waals surface area contributed by atoms with Crippen molar-refractivity contribution in [3.05, 3.63) is 30.3 Å². The first-order valence-corrected chi connectivity index (χ1v) is 13.4. The van der Waals surface area contributed by atoms with Crippen molar-refractivity contribution in [2.75, 3.05) is 19.6 Å². The lowest BCUT2D eigenvalue weighted by molar-refractivity contribution is -0.264. The fourth-order valence-electron chi connectivity index (χ4n) is 3.12. The molecule has 9 atom stereocenters. The van der Waals surface area contributed by atoms with Crippen LogP contribution in [0.5, 0.6) is 0 Å². The highest BCUT2D eigenvalue weighted by Gasteiger charge is 2.47. The molecule has 6 unspecified atom stereocenters. The maximum Gasteiger partial charge on any atom is 0.177 e. The Morgan fingerprint density at radius 3 is 2.88 bits per heavy atom. The molecule has 24 heavy (non-hydrogen) atoms. The molecule has 0 saturated carbocycles. The lowest BCUT2D eigenvalue weighted by atomic mass is 9.89. The molecule has 0 amide bonds. The monoisotopic (exact) mass is 407 g/mol. The molecular formula is C16H26NO3P3S. The fourth-order valence-corrected chi connectivity index (χ4v) is 6.42. The van der Waals surface area contributed by atoms with Crippen LogP contribution < -0.4 is 5.31 Å². The van der Waals surface area contributed by atoms with Crippen molar-refractivity contribution in [3.63, 3.8) is 0 Å². The molecule has 0 radical (unpaired) electrons. The van der Waals surface area contributed by atoms with Crippen LogP contribution in [0.3, 0.4) is 0 Å². The van der Waals surface area contributed by atoms with E-state index in [2.05, 4.69) is 35.0 Å². The van der Waals surface area contributed by atoms with Gasteiger partial charge in [0.2, 0.25) is 0 Å². The molecule has 3 rings (SSSR count). The van der Waals surface area contributed by atoms with Crippen LogP contribution in [-0.4, -0.2) is 49.3 Å². The van der Waals surface area contributed by atoms with Crippen LogP contribution in [-0.2, 0) is 14.2 Å². The van der Waals surface area contributed by atoms with E-state index >= 15 is 0 Å². The fraction of sp³-hybridized carbons (Fsp3) is 0.625. The minimum Gasteiger partial charge on any atom is -0.357 e. The second-order valence-electron chi connectivity index (χ2n) is 5.85. The van der Waals surface area contributed by atoms with E-state index in [9.17, 15) is 0 Å². The number of ether oxygens (including phenoxy) is 3. The van der Waals surface area contributed by atoms with Crippen LogP contribution in [0, 0.1) is 5.92 Å². The standard InChI is InChI=1S/C16H26NO3P3S/c1-10-13(17-9-21)15(24-11-6-4-3-5-7-11)19-12-8-18-16(23-22-2)20-14(10)12/h3-7,10,12-17,22-23H,8-9,21H2,1-2H3/t10-,12?,13?,14+,15+,16?/m1/s1/i/hT. The third kappa shape index (κ3) is 4.70. The van der Waals surface area contributed by atoms with Crippen LogP contribution in [0.4, 0.5) is 0 Å². The van der Waals surface area contributed by atoms with Gasteiger partial charge in [-0.1, -0.05) is 45.2 Å². The molecule has 2 aliphatic heterocycles. The number of nitrogens with one attached hydrogen (secondary N) is 1. The molecule has 4 nitrogen and oxygen atoms in total. The first-order chi connectivity index (χ1) is 12.1. The summed E-state index contributed by atoms with van der Waals surface area (Å²) in [5.74, 6) is 0.203. The number of hydrogen-bond donors (Lipinski definition) is 1. The Morgan fingerprint density at radius 1 is 1.38 bits per heavy atom. The van der Waals surface area contributed by atoms with Gasteiger partial charge in [-0.15, -0.1) is 9.24 Å². The maximum absolute atomic E-state index is 8.41. The quantitative estimate of drug-likeness (QED) is 0.731. The second-order valence-corrected chi connectivity index (χ2v) is 11.0. The van der Waals surface area contributed by atoms with Gasteiger partial charge in [0, 0.05) is 23.1 Å². The Hall–Kier alpha value is 0.700. The highest BCUT2D eigenvalue weighted by molar-refractivity contribution is 8.11. The van der Waals surface area contributed by atoms with E-state index in [1.54, 1.807) is 17.1 Å². The predicted octanol–water partition coefficient (Wildman–Crippen LogP) is 3.53. The molecule has 2 saturated heterocycles. The van der Waals surface area contributed by atoms with E-state index in [0.717, 1.165) is 13.2 Å². The SMILES string of the molecule is [3H]N(CP)C1[C@@H](C)[C@@H]2OC(PPC)OCC2O[C@H]1Sc1ccccc1. The van der Waals surface area contributed by atoms with Crippen molar-refractivity contribution < 1.29 is 15.6 Å². The van der Waals surface area contributed by atoms with Gasteiger partial charge in [0.15, 0.2) is 6.03 Å². The molecule has 134 valence electrons. The number of rotatable bonds is 6. The van der Waals surface area contributed by atoms with Gasteiger partial charge in [-0.3, -0.25) is 0 Å². The summed E-state index contributed by atoms with van der Waals surface area (Å²) < 4.78 is 26.9. The summed E-state index contributed by atoms with van der Waals surface area (Å²) in [6.07, 6.45) is 0.510. The van der Waals surface area contributed by atoms with E-state index in [1.807, 2.05) is 18.2 Å². The Kier molecular flexibility index (Phi) is 7.22. The van der Waals surface area contributed by atoms with Crippen molar-refractivity contribution in [2.24, 2.45) is 5.92 Å². The minimum atomic E-state index is -0.115. The average Bonchev–Trinajstić information content (AvgIpc) is 2.63. The van der Waals surface area contributed by atoms with E-state index < -0.39 is 0 Å². The highest BCUT2D eigenvalue weighted by atomic mass is 32.2. The van der Waals surface area contributed by atoms with Gasteiger partial charge < -0.3 is 19.5 Å². The lowest BCUT2D eigenvalue weighted by Crippen LogP contribution is -2.61. The molecule has 0 bridgehead atoms.